The zero-order valence-electron chi connectivity index (χ0n) is 3.76. The van der Waals surface area contributed by atoms with E-state index in [1.54, 1.807) is 0 Å². The summed E-state index contributed by atoms with van der Waals surface area (Å²) in [6, 6.07) is 0. The third kappa shape index (κ3) is 424. The Labute approximate surface area is 61.6 Å². The second kappa shape index (κ2) is 672. The Morgan fingerprint density at radius 1 is 0.375 bits per heavy atom. The van der Waals surface area contributed by atoms with Gasteiger partial charge in [-0.2, -0.15) is 0 Å². The molecule has 0 amide bonds. The van der Waals surface area contributed by atoms with Crippen molar-refractivity contribution in [3.05, 3.63) is 0 Å². The first-order chi connectivity index (χ1) is 1.00. The van der Waals surface area contributed by atoms with Crippen molar-refractivity contribution in [1.82, 2.24) is 0 Å². The fourth-order valence-corrected chi connectivity index (χ4v) is 0. The van der Waals surface area contributed by atoms with Gasteiger partial charge in [0.2, 0.25) is 0 Å². The Morgan fingerprint density at radius 3 is 0.375 bits per heavy atom. The average Bonchev–Trinajstić information content (AvgIpc) is 1.00. The van der Waals surface area contributed by atoms with Crippen LogP contribution in [0.3, 0.4) is 0 Å². The van der Waals surface area contributed by atoms with E-state index in [1.807, 2.05) is 0 Å². The monoisotopic (exact) mass is 266 g/mol. The van der Waals surface area contributed by atoms with Crippen LogP contribution in [-0.2, 0) is 0 Å². The highest BCUT2D eigenvalue weighted by Gasteiger charge is 1.00. The molecule has 0 aliphatic heterocycles. The quantitative estimate of drug-likeness (QED) is 0.426. The van der Waals surface area contributed by atoms with Gasteiger partial charge in [-0.1, -0.05) is 0 Å². The second-order valence-electron chi connectivity index (χ2n) is 0. The lowest BCUT2D eigenvalue weighted by atomic mass is 16.0. The summed E-state index contributed by atoms with van der Waals surface area (Å²) in [5.74, 6) is 0. The number of halogens is 2. The van der Waals surface area contributed by atoms with Gasteiger partial charge in [-0.15, -0.1) is 0 Å². The van der Waals surface area contributed by atoms with Crippen LogP contribution in [0.25, 0.3) is 0 Å². The summed E-state index contributed by atoms with van der Waals surface area (Å²) in [6.07, 6.45) is 0. The van der Waals surface area contributed by atoms with Crippen LogP contribution >= 0.6 is 28.3 Å². The molecular formula is H12Br2O6. The molecule has 62 valence electrons. The normalized spacial score (nSPS) is 0.750. The Hall–Kier alpha value is 0.720. The molecule has 0 unspecified atom stereocenters. The molecular weight excluding hydrogens is 256 g/mol. The van der Waals surface area contributed by atoms with Crippen LogP contribution < -0.4 is 0 Å². The summed E-state index contributed by atoms with van der Waals surface area (Å²) in [4.78, 5) is 0. The highest BCUT2D eigenvalue weighted by atomic mass is 80.9. The van der Waals surface area contributed by atoms with Gasteiger partial charge in [-0.25, -0.2) is 0 Å². The van der Waals surface area contributed by atoms with Gasteiger partial charge >= 0.3 is 0 Å². The van der Waals surface area contributed by atoms with Gasteiger partial charge in [0.05, 0.1) is 0 Å². The maximum Gasteiger partial charge on any atom is 0 e. The molecule has 12 N–H and O–H groups in total. The molecule has 0 aromatic heterocycles. The molecule has 8 heavy (non-hydrogen) atoms. The predicted octanol–water partition coefficient (Wildman–Crippen LogP) is -3.26. The molecule has 0 aliphatic carbocycles. The van der Waals surface area contributed by atoms with E-state index in [-0.39, 0.29) is 32.9 Å². The SMILES string of the molecule is BrBr.O.O.O.O.O.O. The Balaban J connectivity index is -0.000000000333. The zero-order chi connectivity index (χ0) is 2.00. The number of hydrogen-bond donors (Lipinski definition) is 0. The summed E-state index contributed by atoms with van der Waals surface area (Å²) in [7, 11) is 0. The van der Waals surface area contributed by atoms with Gasteiger partial charge in [0.15, 0.2) is 0 Å². The summed E-state index contributed by atoms with van der Waals surface area (Å²) >= 11 is 5.50. The van der Waals surface area contributed by atoms with E-state index >= 15 is 0 Å². The van der Waals surface area contributed by atoms with Crippen LogP contribution in [0.2, 0.25) is 0 Å². The molecule has 8 heteroatoms. The Kier molecular flexibility index (Phi) is 14800. The Morgan fingerprint density at radius 2 is 0.375 bits per heavy atom. The minimum absolute atomic E-state index is 0. The minimum Gasteiger partial charge on any atom is -0.412 e. The van der Waals surface area contributed by atoms with Gasteiger partial charge in [-0.05, 0) is 0 Å². The van der Waals surface area contributed by atoms with Crippen molar-refractivity contribution in [3.63, 3.8) is 0 Å². The van der Waals surface area contributed by atoms with Crippen LogP contribution in [-0.4, -0.2) is 32.9 Å². The van der Waals surface area contributed by atoms with Crippen molar-refractivity contribution in [2.75, 3.05) is 0 Å². The molecule has 0 atom stereocenters. The van der Waals surface area contributed by atoms with Crippen molar-refractivity contribution < 1.29 is 32.9 Å². The molecule has 0 radical (unpaired) electrons. The lowest BCUT2D eigenvalue weighted by Gasteiger charge is -1.000. The van der Waals surface area contributed by atoms with Crippen LogP contribution in [0.1, 0.15) is 0 Å². The summed E-state index contributed by atoms with van der Waals surface area (Å²) in [5.41, 5.74) is 0. The highest BCUT2D eigenvalue weighted by molar-refractivity contribution is 9.93. The van der Waals surface area contributed by atoms with Gasteiger partial charge < -0.3 is 32.9 Å². The van der Waals surface area contributed by atoms with E-state index in [1.165, 1.54) is 0 Å². The summed E-state index contributed by atoms with van der Waals surface area (Å²) < 4.78 is 0. The van der Waals surface area contributed by atoms with Crippen molar-refractivity contribution in [1.29, 1.82) is 0 Å². The minimum atomic E-state index is 0. The fourth-order valence-electron chi connectivity index (χ4n) is 0. The molecule has 0 spiro atoms. The van der Waals surface area contributed by atoms with E-state index in [2.05, 4.69) is 28.3 Å². The molecule has 0 saturated heterocycles. The number of rotatable bonds is 0. The van der Waals surface area contributed by atoms with Gasteiger partial charge in [0.1, 0.15) is 0 Å². The second-order valence-corrected chi connectivity index (χ2v) is 0. The van der Waals surface area contributed by atoms with Crippen LogP contribution in [0.15, 0.2) is 0 Å². The third-order valence-corrected chi connectivity index (χ3v) is 0. The molecule has 0 fully saturated rings. The smallest absolute Gasteiger partial charge is 0 e. The van der Waals surface area contributed by atoms with Crippen LogP contribution in [0.4, 0.5) is 0 Å². The zero-order valence-corrected chi connectivity index (χ0v) is 6.93. The first kappa shape index (κ1) is 176. The molecule has 6 nitrogen and oxygen atoms in total. The summed E-state index contributed by atoms with van der Waals surface area (Å²) in [5, 5.41) is 0. The highest BCUT2D eigenvalue weighted by Crippen LogP contribution is 1.85. The first-order valence-electron chi connectivity index (χ1n) is 0.143. The molecule has 0 aliphatic rings. The van der Waals surface area contributed by atoms with Crippen LogP contribution in [0, 0.1) is 0 Å². The van der Waals surface area contributed by atoms with E-state index < -0.39 is 0 Å². The average molecular weight is 268 g/mol. The standard InChI is InChI=1S/Br2.6H2O/c1-2;;;;;;/h;6*1H2. The van der Waals surface area contributed by atoms with Crippen LogP contribution in [0.5, 0.6) is 0 Å². The maximum absolute atomic E-state index is 2.75. The first-order valence-corrected chi connectivity index (χ1v) is 3.86. The van der Waals surface area contributed by atoms with Crippen molar-refractivity contribution in [3.8, 4) is 0 Å². The third-order valence-electron chi connectivity index (χ3n) is 0. The molecule has 0 saturated carbocycles. The lowest BCUT2D eigenvalue weighted by molar-refractivity contribution is 0.823. The van der Waals surface area contributed by atoms with Crippen molar-refractivity contribution in [2.24, 2.45) is 0 Å². The Bertz CT molecular complexity index is 6.49. The van der Waals surface area contributed by atoms with E-state index in [9.17, 15) is 0 Å². The largest absolute Gasteiger partial charge is 0.412 e. The molecule has 0 bridgehead atoms. The fraction of sp³-hybridized carbons (Fsp3) is 0. The van der Waals surface area contributed by atoms with Crippen molar-refractivity contribution >= 4 is 28.3 Å². The van der Waals surface area contributed by atoms with E-state index in [0.29, 0.717) is 0 Å². The molecule has 0 heterocycles. The summed E-state index contributed by atoms with van der Waals surface area (Å²) in [6.45, 7) is 0. The molecule has 0 aromatic carbocycles. The topological polar surface area (TPSA) is 189 Å². The molecule has 0 aromatic rings. The van der Waals surface area contributed by atoms with E-state index in [4.69, 9.17) is 0 Å². The van der Waals surface area contributed by atoms with Gasteiger partial charge in [-0.3, -0.25) is 0 Å². The van der Waals surface area contributed by atoms with E-state index in [0.717, 1.165) is 0 Å². The number of hydrogen-bond acceptors (Lipinski definition) is 0. The molecule has 0 rings (SSSR count). The van der Waals surface area contributed by atoms with Gasteiger partial charge in [0, 0.05) is 28.3 Å². The lowest BCUT2D eigenvalue weighted by Crippen LogP contribution is -0.290. The predicted molar refractivity (Wildman–Crippen MR) is 39.5 cm³/mol. The van der Waals surface area contributed by atoms with Crippen molar-refractivity contribution in [2.45, 2.75) is 0 Å². The van der Waals surface area contributed by atoms with Gasteiger partial charge in [0.25, 0.3) is 0 Å². The maximum atomic E-state index is 2.75.